The molecule has 34 heavy (non-hydrogen) atoms. The number of para-hydroxylation sites is 1. The van der Waals surface area contributed by atoms with Crippen LogP contribution in [0.3, 0.4) is 0 Å². The number of anilines is 3. The van der Waals surface area contributed by atoms with E-state index in [1.54, 1.807) is 24.3 Å². The number of nitrogens with zero attached hydrogens (tertiary/aromatic N) is 6. The van der Waals surface area contributed by atoms with Gasteiger partial charge in [0.15, 0.2) is 22.9 Å². The number of fused-ring (bicyclic) bond motifs is 2. The van der Waals surface area contributed by atoms with Crippen LogP contribution in [0.15, 0.2) is 47.4 Å². The van der Waals surface area contributed by atoms with Crippen LogP contribution in [0.1, 0.15) is 35.6 Å². The molecule has 3 aromatic heterocycles. The second-order valence-electron chi connectivity index (χ2n) is 8.59. The molecule has 0 unspecified atom stereocenters. The Kier molecular flexibility index (Phi) is 4.41. The number of nitrogens with one attached hydrogen (secondary N) is 1. The van der Waals surface area contributed by atoms with Crippen molar-refractivity contribution in [3.8, 4) is 5.69 Å². The van der Waals surface area contributed by atoms with Crippen LogP contribution < -0.4 is 21.5 Å². The molecule has 172 valence electrons. The number of ketones is 1. The third-order valence-electron chi connectivity index (χ3n) is 6.40. The van der Waals surface area contributed by atoms with Crippen LogP contribution in [0, 0.1) is 11.7 Å². The minimum atomic E-state index is -0.637. The van der Waals surface area contributed by atoms with E-state index in [2.05, 4.69) is 20.4 Å². The molecule has 3 N–H and O–H groups in total. The van der Waals surface area contributed by atoms with E-state index in [4.69, 9.17) is 5.73 Å². The molecule has 1 aromatic carbocycles. The Morgan fingerprint density at radius 2 is 1.94 bits per heavy atom. The Hall–Kier alpha value is -4.28. The summed E-state index contributed by atoms with van der Waals surface area (Å²) >= 11 is 0. The average Bonchev–Trinajstić information content (AvgIpc) is 3.18. The molecule has 0 amide bonds. The topological polar surface area (TPSA) is 123 Å². The number of carbonyl (C=O) groups is 1. The van der Waals surface area contributed by atoms with Gasteiger partial charge in [-0.2, -0.15) is 15.1 Å². The third-order valence-corrected chi connectivity index (χ3v) is 6.40. The zero-order valence-electron chi connectivity index (χ0n) is 18.3. The van der Waals surface area contributed by atoms with E-state index in [1.165, 1.54) is 21.3 Å². The summed E-state index contributed by atoms with van der Waals surface area (Å²) < 4.78 is 17.2. The second kappa shape index (κ2) is 7.37. The first-order valence-electron chi connectivity index (χ1n) is 11.0. The molecule has 0 spiro atoms. The molecule has 11 heteroatoms. The molecule has 0 radical (unpaired) electrons. The van der Waals surface area contributed by atoms with Gasteiger partial charge in [0, 0.05) is 31.6 Å². The van der Waals surface area contributed by atoms with Crippen molar-refractivity contribution in [2.24, 2.45) is 5.92 Å². The molecule has 0 saturated carbocycles. The van der Waals surface area contributed by atoms with Crippen molar-refractivity contribution in [2.45, 2.75) is 19.4 Å². The van der Waals surface area contributed by atoms with Crippen molar-refractivity contribution in [3.05, 3.63) is 70.2 Å². The van der Waals surface area contributed by atoms with Gasteiger partial charge >= 0.3 is 0 Å². The SMILES string of the molecule is C[C@H]1CN(c2nc(N)nc3c2C(=O)CCN3)[C@@H]1c1nn2ccc(F)c2c(=O)n1-c1ccccc1. The Morgan fingerprint density at radius 3 is 2.71 bits per heavy atom. The maximum atomic E-state index is 14.5. The lowest BCUT2D eigenvalue weighted by Gasteiger charge is -2.48. The van der Waals surface area contributed by atoms with Crippen molar-refractivity contribution < 1.29 is 9.18 Å². The van der Waals surface area contributed by atoms with Crippen LogP contribution in [-0.4, -0.2) is 43.0 Å². The summed E-state index contributed by atoms with van der Waals surface area (Å²) in [6.07, 6.45) is 1.75. The van der Waals surface area contributed by atoms with E-state index in [1.807, 2.05) is 17.9 Å². The highest BCUT2D eigenvalue weighted by molar-refractivity contribution is 6.06. The lowest BCUT2D eigenvalue weighted by molar-refractivity contribution is 0.0982. The zero-order valence-corrected chi connectivity index (χ0v) is 18.3. The summed E-state index contributed by atoms with van der Waals surface area (Å²) in [5.74, 6) is 0.646. The quantitative estimate of drug-likeness (QED) is 0.477. The maximum absolute atomic E-state index is 14.5. The van der Waals surface area contributed by atoms with E-state index in [0.29, 0.717) is 48.2 Å². The maximum Gasteiger partial charge on any atom is 0.285 e. The number of nitrogens with two attached hydrogens (primary N) is 1. The van der Waals surface area contributed by atoms with Gasteiger partial charge in [0.05, 0.1) is 11.7 Å². The number of hydrogen-bond acceptors (Lipinski definition) is 8. The molecule has 2 atom stereocenters. The summed E-state index contributed by atoms with van der Waals surface area (Å²) in [5, 5.41) is 7.78. The smallest absolute Gasteiger partial charge is 0.285 e. The van der Waals surface area contributed by atoms with Gasteiger partial charge in [-0.1, -0.05) is 25.1 Å². The fourth-order valence-electron chi connectivity index (χ4n) is 4.85. The molecule has 0 bridgehead atoms. The number of rotatable bonds is 3. The van der Waals surface area contributed by atoms with Crippen molar-refractivity contribution >= 4 is 28.9 Å². The van der Waals surface area contributed by atoms with Gasteiger partial charge in [-0.15, -0.1) is 0 Å². The van der Waals surface area contributed by atoms with Gasteiger partial charge in [-0.25, -0.2) is 8.91 Å². The minimum absolute atomic E-state index is 0.0468. The molecular formula is C23H21FN8O2. The molecular weight excluding hydrogens is 439 g/mol. The molecule has 5 heterocycles. The zero-order chi connectivity index (χ0) is 23.6. The molecule has 0 aliphatic carbocycles. The van der Waals surface area contributed by atoms with Crippen molar-refractivity contribution in [1.29, 1.82) is 0 Å². The predicted octanol–water partition coefficient (Wildman–Crippen LogP) is 2.19. The molecule has 10 nitrogen and oxygen atoms in total. The first kappa shape index (κ1) is 20.3. The van der Waals surface area contributed by atoms with Crippen molar-refractivity contribution in [3.63, 3.8) is 0 Å². The van der Waals surface area contributed by atoms with Crippen LogP contribution >= 0.6 is 0 Å². The Labute approximate surface area is 192 Å². The fourth-order valence-corrected chi connectivity index (χ4v) is 4.85. The molecule has 1 saturated heterocycles. The van der Waals surface area contributed by atoms with Gasteiger partial charge in [0.1, 0.15) is 17.2 Å². The summed E-state index contributed by atoms with van der Waals surface area (Å²) in [7, 11) is 0. The number of carbonyl (C=O) groups excluding carboxylic acids is 1. The van der Waals surface area contributed by atoms with E-state index in [-0.39, 0.29) is 23.2 Å². The number of halogens is 1. The molecule has 2 aliphatic rings. The fraction of sp³-hybridized carbons (Fsp3) is 0.261. The van der Waals surface area contributed by atoms with Gasteiger partial charge in [-0.3, -0.25) is 14.2 Å². The van der Waals surface area contributed by atoms with Gasteiger partial charge in [0.25, 0.3) is 5.56 Å². The normalized spacial score (nSPS) is 19.6. The molecule has 6 rings (SSSR count). The van der Waals surface area contributed by atoms with Crippen molar-refractivity contribution in [1.82, 2.24) is 24.1 Å². The summed E-state index contributed by atoms with van der Waals surface area (Å²) in [4.78, 5) is 36.8. The van der Waals surface area contributed by atoms with Crippen molar-refractivity contribution in [2.75, 3.05) is 29.0 Å². The monoisotopic (exact) mass is 460 g/mol. The van der Waals surface area contributed by atoms with Gasteiger partial charge < -0.3 is 16.0 Å². The highest BCUT2D eigenvalue weighted by Gasteiger charge is 2.44. The third kappa shape index (κ3) is 2.89. The first-order chi connectivity index (χ1) is 16.4. The first-order valence-corrected chi connectivity index (χ1v) is 11.0. The van der Waals surface area contributed by atoms with E-state index >= 15 is 0 Å². The van der Waals surface area contributed by atoms with Crippen LogP contribution in [0.5, 0.6) is 0 Å². The molecule has 1 fully saturated rings. The number of benzene rings is 1. The summed E-state index contributed by atoms with van der Waals surface area (Å²) in [5.41, 5.74) is 6.28. The lowest BCUT2D eigenvalue weighted by atomic mass is 9.88. The number of nitrogen functional groups attached to an aromatic ring is 1. The Balaban J connectivity index is 1.58. The van der Waals surface area contributed by atoms with Crippen LogP contribution in [0.25, 0.3) is 11.2 Å². The minimum Gasteiger partial charge on any atom is -0.369 e. The Morgan fingerprint density at radius 1 is 1.15 bits per heavy atom. The van der Waals surface area contributed by atoms with Crippen LogP contribution in [-0.2, 0) is 0 Å². The highest BCUT2D eigenvalue weighted by atomic mass is 19.1. The average molecular weight is 460 g/mol. The standard InChI is InChI=1S/C23H21FN8O2/c1-12-11-30(20-16-15(33)7-9-26-19(16)27-23(25)28-20)17(12)21-29-31-10-8-14(24)18(31)22(34)32(21)13-5-3-2-4-6-13/h2-6,8,10,12,17H,7,9,11H2,1H3,(H3,25,26,27,28)/t12-,17-/m0/s1. The van der Waals surface area contributed by atoms with Gasteiger partial charge in [-0.05, 0) is 18.2 Å². The number of hydrogen-bond donors (Lipinski definition) is 2. The van der Waals surface area contributed by atoms with Crippen LogP contribution in [0.2, 0.25) is 0 Å². The number of aromatic nitrogens is 5. The summed E-state index contributed by atoms with van der Waals surface area (Å²) in [6.45, 7) is 3.08. The van der Waals surface area contributed by atoms with Crippen LogP contribution in [0.4, 0.5) is 22.0 Å². The van der Waals surface area contributed by atoms with Gasteiger partial charge in [0.2, 0.25) is 5.95 Å². The second-order valence-corrected chi connectivity index (χ2v) is 8.59. The van der Waals surface area contributed by atoms with E-state index in [0.717, 1.165) is 0 Å². The molecule has 4 aromatic rings. The highest BCUT2D eigenvalue weighted by Crippen LogP contribution is 2.44. The number of Topliss-reactive ketones (excluding diaryl/α,β-unsaturated/α-hetero) is 1. The predicted molar refractivity (Wildman–Crippen MR) is 124 cm³/mol. The Bertz CT molecular complexity index is 1510. The van der Waals surface area contributed by atoms with E-state index < -0.39 is 17.4 Å². The lowest BCUT2D eigenvalue weighted by Crippen LogP contribution is -2.52. The molecule has 2 aliphatic heterocycles. The van der Waals surface area contributed by atoms with E-state index in [9.17, 15) is 14.0 Å². The summed E-state index contributed by atoms with van der Waals surface area (Å²) in [6, 6.07) is 9.80. The largest absolute Gasteiger partial charge is 0.369 e.